The van der Waals surface area contributed by atoms with Crippen LogP contribution in [-0.2, 0) is 9.53 Å². The van der Waals surface area contributed by atoms with Crippen LogP contribution in [0.2, 0.25) is 30.1 Å². The predicted molar refractivity (Wildman–Crippen MR) is 136 cm³/mol. The fraction of sp³-hybridized carbons (Fsp3) is 0.143. The lowest BCUT2D eigenvalue weighted by atomic mass is 10.0. The standard InChI is InChI=1S/C21H13Cl6NO4S/c1-2-31-21(30)13-11(9-3-5-10(22)6-4-9)8-33-20(13)28-12(29)7-32-19-17(26)15(24)14(23)16(25)18(19)27/h3-6,8H,2,7H2,1H3,(H,28,29). The zero-order chi connectivity index (χ0) is 24.3. The number of anilines is 1. The van der Waals surface area contributed by atoms with Crippen LogP contribution in [0.15, 0.2) is 29.6 Å². The van der Waals surface area contributed by atoms with Crippen LogP contribution in [0.5, 0.6) is 5.75 Å². The molecule has 1 aromatic heterocycles. The highest BCUT2D eigenvalue weighted by Crippen LogP contribution is 2.48. The molecular weight excluding hydrogens is 575 g/mol. The van der Waals surface area contributed by atoms with E-state index in [1.807, 2.05) is 0 Å². The van der Waals surface area contributed by atoms with Crippen molar-refractivity contribution in [2.45, 2.75) is 6.92 Å². The van der Waals surface area contributed by atoms with Gasteiger partial charge in [0, 0.05) is 16.0 Å². The van der Waals surface area contributed by atoms with Crippen LogP contribution in [0.4, 0.5) is 5.00 Å². The Balaban J connectivity index is 1.84. The lowest BCUT2D eigenvalue weighted by molar-refractivity contribution is -0.118. The number of thiophene rings is 1. The average Bonchev–Trinajstić information content (AvgIpc) is 3.20. The number of hydrogen-bond acceptors (Lipinski definition) is 5. The zero-order valence-corrected chi connectivity index (χ0v) is 22.0. The van der Waals surface area contributed by atoms with E-state index in [2.05, 4.69) is 5.32 Å². The fourth-order valence-electron chi connectivity index (χ4n) is 2.71. The minimum atomic E-state index is -0.584. The first-order valence-electron chi connectivity index (χ1n) is 9.14. The van der Waals surface area contributed by atoms with E-state index in [4.69, 9.17) is 79.1 Å². The summed E-state index contributed by atoms with van der Waals surface area (Å²) >= 11 is 37.3. The van der Waals surface area contributed by atoms with Crippen LogP contribution in [0.25, 0.3) is 11.1 Å². The Bertz CT molecular complexity index is 1180. The molecule has 1 N–H and O–H groups in total. The topological polar surface area (TPSA) is 64.6 Å². The van der Waals surface area contributed by atoms with Crippen molar-refractivity contribution in [3.8, 4) is 16.9 Å². The van der Waals surface area contributed by atoms with Crippen molar-refractivity contribution >= 4 is 97.8 Å². The quantitative estimate of drug-likeness (QED) is 0.171. The van der Waals surface area contributed by atoms with Crippen LogP contribution in [0, 0.1) is 0 Å². The van der Waals surface area contributed by atoms with Crippen molar-refractivity contribution < 1.29 is 19.1 Å². The lowest BCUT2D eigenvalue weighted by Crippen LogP contribution is -2.21. The Hall–Kier alpha value is -1.38. The van der Waals surface area contributed by atoms with E-state index in [0.717, 1.165) is 16.9 Å². The monoisotopic (exact) mass is 585 g/mol. The van der Waals surface area contributed by atoms with Crippen LogP contribution >= 0.6 is 80.9 Å². The molecule has 0 aliphatic rings. The summed E-state index contributed by atoms with van der Waals surface area (Å²) in [5.74, 6) is -1.26. The van der Waals surface area contributed by atoms with Gasteiger partial charge in [-0.25, -0.2) is 4.79 Å². The molecule has 1 heterocycles. The van der Waals surface area contributed by atoms with Gasteiger partial charge < -0.3 is 14.8 Å². The van der Waals surface area contributed by atoms with E-state index in [1.165, 1.54) is 0 Å². The van der Waals surface area contributed by atoms with Crippen molar-refractivity contribution in [3.63, 3.8) is 0 Å². The molecule has 3 aromatic rings. The normalized spacial score (nSPS) is 10.8. The molecule has 2 aromatic carbocycles. The third-order valence-corrected chi connectivity index (χ3v) is 7.59. The van der Waals surface area contributed by atoms with E-state index in [-0.39, 0.29) is 48.0 Å². The molecule has 0 unspecified atom stereocenters. The van der Waals surface area contributed by atoms with E-state index >= 15 is 0 Å². The number of ether oxygens (including phenoxy) is 2. The molecule has 0 spiro atoms. The SMILES string of the molecule is CCOC(=O)c1c(-c2ccc(Cl)cc2)csc1NC(=O)COc1c(Cl)c(Cl)c(Cl)c(Cl)c1Cl. The summed E-state index contributed by atoms with van der Waals surface area (Å²) in [6, 6.07) is 6.93. The van der Waals surface area contributed by atoms with Crippen LogP contribution < -0.4 is 10.1 Å². The first-order valence-corrected chi connectivity index (χ1v) is 12.3. The zero-order valence-electron chi connectivity index (χ0n) is 16.6. The van der Waals surface area contributed by atoms with Gasteiger partial charge in [0.15, 0.2) is 12.4 Å². The molecule has 5 nitrogen and oxygen atoms in total. The summed E-state index contributed by atoms with van der Waals surface area (Å²) in [6.07, 6.45) is 0. The second-order valence-corrected chi connectivity index (χ2v) is 9.52. The summed E-state index contributed by atoms with van der Waals surface area (Å²) < 4.78 is 10.6. The highest BCUT2D eigenvalue weighted by atomic mass is 35.5. The summed E-state index contributed by atoms with van der Waals surface area (Å²) in [6.45, 7) is 1.36. The van der Waals surface area contributed by atoms with Crippen molar-refractivity contribution in [1.29, 1.82) is 0 Å². The van der Waals surface area contributed by atoms with Gasteiger partial charge in [0.05, 0.1) is 21.7 Å². The number of halogens is 6. The molecule has 0 aliphatic heterocycles. The molecule has 0 saturated heterocycles. The van der Waals surface area contributed by atoms with Crippen molar-refractivity contribution in [2.24, 2.45) is 0 Å². The van der Waals surface area contributed by atoms with E-state index < -0.39 is 18.5 Å². The Morgan fingerprint density at radius 3 is 2.06 bits per heavy atom. The highest BCUT2D eigenvalue weighted by Gasteiger charge is 2.24. The number of carbonyl (C=O) groups excluding carboxylic acids is 2. The molecule has 0 bridgehead atoms. The summed E-state index contributed by atoms with van der Waals surface area (Å²) in [5, 5.41) is 4.91. The third kappa shape index (κ3) is 5.82. The van der Waals surface area contributed by atoms with Crippen molar-refractivity contribution in [2.75, 3.05) is 18.5 Å². The van der Waals surface area contributed by atoms with E-state index in [1.54, 1.807) is 36.6 Å². The molecule has 12 heteroatoms. The smallest absolute Gasteiger partial charge is 0.341 e. The van der Waals surface area contributed by atoms with Gasteiger partial charge in [-0.15, -0.1) is 11.3 Å². The summed E-state index contributed by atoms with van der Waals surface area (Å²) in [7, 11) is 0. The number of rotatable bonds is 7. The van der Waals surface area contributed by atoms with E-state index in [9.17, 15) is 9.59 Å². The lowest BCUT2D eigenvalue weighted by Gasteiger charge is -2.14. The number of hydrogen-bond donors (Lipinski definition) is 1. The number of amides is 1. The van der Waals surface area contributed by atoms with Crippen molar-refractivity contribution in [1.82, 2.24) is 0 Å². The van der Waals surface area contributed by atoms with Gasteiger partial charge in [0.25, 0.3) is 5.91 Å². The maximum absolute atomic E-state index is 12.6. The Kier molecular flexibility index (Phi) is 9.03. The first-order chi connectivity index (χ1) is 15.6. The minimum Gasteiger partial charge on any atom is -0.481 e. The molecule has 174 valence electrons. The summed E-state index contributed by atoms with van der Waals surface area (Å²) in [5.41, 5.74) is 1.54. The molecule has 3 rings (SSSR count). The Morgan fingerprint density at radius 1 is 0.909 bits per heavy atom. The van der Waals surface area contributed by atoms with Gasteiger partial charge in [-0.1, -0.05) is 81.7 Å². The number of benzene rings is 2. The van der Waals surface area contributed by atoms with Crippen LogP contribution in [0.3, 0.4) is 0 Å². The first kappa shape index (κ1) is 26.2. The summed E-state index contributed by atoms with van der Waals surface area (Å²) in [4.78, 5) is 25.2. The predicted octanol–water partition coefficient (Wildman–Crippen LogP) is 8.53. The van der Waals surface area contributed by atoms with Gasteiger partial charge in [-0.05, 0) is 24.6 Å². The maximum Gasteiger partial charge on any atom is 0.341 e. The highest BCUT2D eigenvalue weighted by molar-refractivity contribution is 7.15. The number of carbonyl (C=O) groups is 2. The Labute approximate surface area is 223 Å². The maximum atomic E-state index is 12.6. The molecular formula is C21H13Cl6NO4S. The van der Waals surface area contributed by atoms with Gasteiger partial charge in [-0.3, -0.25) is 4.79 Å². The number of esters is 1. The van der Waals surface area contributed by atoms with Crippen molar-refractivity contribution in [3.05, 3.63) is 65.3 Å². The molecule has 0 atom stereocenters. The van der Waals surface area contributed by atoms with Gasteiger partial charge >= 0.3 is 5.97 Å². The molecule has 1 amide bonds. The Morgan fingerprint density at radius 2 is 1.48 bits per heavy atom. The molecule has 0 saturated carbocycles. The fourth-order valence-corrected chi connectivity index (χ4v) is 5.04. The second kappa shape index (κ2) is 11.4. The third-order valence-electron chi connectivity index (χ3n) is 4.20. The van der Waals surface area contributed by atoms with Gasteiger partial charge in [0.2, 0.25) is 0 Å². The van der Waals surface area contributed by atoms with E-state index in [0.29, 0.717) is 10.6 Å². The largest absolute Gasteiger partial charge is 0.481 e. The van der Waals surface area contributed by atoms with Gasteiger partial charge in [-0.2, -0.15) is 0 Å². The minimum absolute atomic E-state index is 0.0301. The van der Waals surface area contributed by atoms with Gasteiger partial charge in [0.1, 0.15) is 20.6 Å². The van der Waals surface area contributed by atoms with Crippen LogP contribution in [0.1, 0.15) is 17.3 Å². The molecule has 33 heavy (non-hydrogen) atoms. The second-order valence-electron chi connectivity index (χ2n) is 6.32. The molecule has 0 fully saturated rings. The molecule has 0 radical (unpaired) electrons. The average molecular weight is 588 g/mol. The molecule has 0 aliphatic carbocycles. The number of nitrogens with one attached hydrogen (secondary N) is 1. The van der Waals surface area contributed by atoms with Crippen LogP contribution in [-0.4, -0.2) is 25.1 Å².